The van der Waals surface area contributed by atoms with Gasteiger partial charge in [0, 0.05) is 6.61 Å². The molecule has 0 radical (unpaired) electrons. The average molecular weight is 172 g/mol. The fourth-order valence-corrected chi connectivity index (χ4v) is 2.00. The highest BCUT2D eigenvalue weighted by Crippen LogP contribution is 2.24. The molecule has 2 heteroatoms. The molecule has 0 heterocycles. The number of hydrogen-bond donors (Lipinski definition) is 2. The van der Waals surface area contributed by atoms with Gasteiger partial charge in [-0.2, -0.15) is 0 Å². The molecule has 2 unspecified atom stereocenters. The fraction of sp³-hybridized carbons (Fsp3) is 1.00. The summed E-state index contributed by atoms with van der Waals surface area (Å²) in [6, 6.07) is 0. The number of aliphatic hydroxyl groups is 2. The molecule has 1 fully saturated rings. The van der Waals surface area contributed by atoms with Crippen molar-refractivity contribution in [1.82, 2.24) is 0 Å². The number of rotatable bonds is 2. The van der Waals surface area contributed by atoms with E-state index in [9.17, 15) is 5.11 Å². The molecule has 0 saturated heterocycles. The molecule has 1 aliphatic rings. The third kappa shape index (κ3) is 3.55. The van der Waals surface area contributed by atoms with Crippen LogP contribution in [0.1, 0.15) is 44.9 Å². The van der Waals surface area contributed by atoms with Crippen molar-refractivity contribution >= 4 is 0 Å². The normalized spacial score (nSPS) is 32.5. The first-order chi connectivity index (χ1) is 5.83. The van der Waals surface area contributed by atoms with Crippen LogP contribution in [0.15, 0.2) is 0 Å². The minimum Gasteiger partial charge on any atom is -0.396 e. The predicted molar refractivity (Wildman–Crippen MR) is 48.9 cm³/mol. The summed E-state index contributed by atoms with van der Waals surface area (Å²) >= 11 is 0. The summed E-state index contributed by atoms with van der Waals surface area (Å²) < 4.78 is 0. The van der Waals surface area contributed by atoms with Crippen LogP contribution in [0.25, 0.3) is 0 Å². The molecular weight excluding hydrogens is 152 g/mol. The van der Waals surface area contributed by atoms with Crippen molar-refractivity contribution in [3.63, 3.8) is 0 Å². The van der Waals surface area contributed by atoms with Crippen molar-refractivity contribution in [2.24, 2.45) is 5.92 Å². The van der Waals surface area contributed by atoms with Crippen LogP contribution in [0, 0.1) is 5.92 Å². The van der Waals surface area contributed by atoms with Gasteiger partial charge in [-0.1, -0.05) is 19.3 Å². The first-order valence-electron chi connectivity index (χ1n) is 5.12. The first-order valence-corrected chi connectivity index (χ1v) is 5.12. The molecule has 1 saturated carbocycles. The minimum absolute atomic E-state index is 0.0773. The molecule has 0 bridgehead atoms. The van der Waals surface area contributed by atoms with Crippen LogP contribution in [0.2, 0.25) is 0 Å². The molecule has 0 aromatic heterocycles. The smallest absolute Gasteiger partial charge is 0.0540 e. The summed E-state index contributed by atoms with van der Waals surface area (Å²) in [5.74, 6) is 0.657. The Bertz CT molecular complexity index is 114. The van der Waals surface area contributed by atoms with Gasteiger partial charge in [-0.15, -0.1) is 0 Å². The van der Waals surface area contributed by atoms with Crippen LogP contribution < -0.4 is 0 Å². The van der Waals surface area contributed by atoms with E-state index in [1.54, 1.807) is 0 Å². The highest BCUT2D eigenvalue weighted by molar-refractivity contribution is 4.67. The van der Waals surface area contributed by atoms with Crippen molar-refractivity contribution < 1.29 is 10.2 Å². The van der Waals surface area contributed by atoms with Gasteiger partial charge >= 0.3 is 0 Å². The van der Waals surface area contributed by atoms with Gasteiger partial charge in [0.25, 0.3) is 0 Å². The highest BCUT2D eigenvalue weighted by Gasteiger charge is 2.14. The second-order valence-corrected chi connectivity index (χ2v) is 3.89. The van der Waals surface area contributed by atoms with Crippen LogP contribution in [0.4, 0.5) is 0 Å². The maximum atomic E-state index is 9.44. The molecule has 2 N–H and O–H groups in total. The summed E-state index contributed by atoms with van der Waals surface area (Å²) in [5.41, 5.74) is 0. The van der Waals surface area contributed by atoms with Crippen LogP contribution in [-0.4, -0.2) is 22.9 Å². The summed E-state index contributed by atoms with van der Waals surface area (Å²) in [6.45, 7) is 0.306. The average Bonchev–Trinajstić information content (AvgIpc) is 2.04. The van der Waals surface area contributed by atoms with E-state index < -0.39 is 0 Å². The molecule has 0 spiro atoms. The number of hydrogen-bond acceptors (Lipinski definition) is 2. The van der Waals surface area contributed by atoms with Crippen LogP contribution >= 0.6 is 0 Å². The molecular formula is C10H20O2. The van der Waals surface area contributed by atoms with Crippen molar-refractivity contribution in [2.45, 2.75) is 51.0 Å². The molecule has 12 heavy (non-hydrogen) atoms. The van der Waals surface area contributed by atoms with E-state index in [1.165, 1.54) is 12.8 Å². The van der Waals surface area contributed by atoms with Crippen LogP contribution in [0.5, 0.6) is 0 Å². The second kappa shape index (κ2) is 5.55. The van der Waals surface area contributed by atoms with E-state index in [2.05, 4.69) is 0 Å². The molecule has 0 aliphatic heterocycles. The Morgan fingerprint density at radius 2 is 1.75 bits per heavy atom. The van der Waals surface area contributed by atoms with Gasteiger partial charge in [-0.3, -0.25) is 0 Å². The van der Waals surface area contributed by atoms with Crippen molar-refractivity contribution in [2.75, 3.05) is 6.61 Å². The van der Waals surface area contributed by atoms with E-state index in [1.807, 2.05) is 0 Å². The lowest BCUT2D eigenvalue weighted by Gasteiger charge is -2.21. The standard InChI is InChI=1S/C10H20O2/c11-8-7-9-3-1-2-4-10(12)6-5-9/h9-12H,1-8H2. The van der Waals surface area contributed by atoms with E-state index in [0.29, 0.717) is 12.5 Å². The maximum Gasteiger partial charge on any atom is 0.0540 e. The van der Waals surface area contributed by atoms with Gasteiger partial charge in [-0.25, -0.2) is 0 Å². The van der Waals surface area contributed by atoms with E-state index >= 15 is 0 Å². The SMILES string of the molecule is OCCC1CCCCC(O)CC1. The van der Waals surface area contributed by atoms with E-state index in [-0.39, 0.29) is 6.10 Å². The topological polar surface area (TPSA) is 40.5 Å². The predicted octanol–water partition coefficient (Wildman–Crippen LogP) is 1.70. The van der Waals surface area contributed by atoms with Crippen molar-refractivity contribution in [3.8, 4) is 0 Å². The lowest BCUT2D eigenvalue weighted by Crippen LogP contribution is -2.14. The van der Waals surface area contributed by atoms with Crippen molar-refractivity contribution in [1.29, 1.82) is 0 Å². The highest BCUT2D eigenvalue weighted by atomic mass is 16.3. The lowest BCUT2D eigenvalue weighted by molar-refractivity contribution is 0.125. The third-order valence-corrected chi connectivity index (χ3v) is 2.85. The van der Waals surface area contributed by atoms with Gasteiger partial charge < -0.3 is 10.2 Å². The second-order valence-electron chi connectivity index (χ2n) is 3.89. The monoisotopic (exact) mass is 172 g/mol. The summed E-state index contributed by atoms with van der Waals surface area (Å²) in [4.78, 5) is 0. The molecule has 1 rings (SSSR count). The largest absolute Gasteiger partial charge is 0.396 e. The Morgan fingerprint density at radius 3 is 2.50 bits per heavy atom. The molecule has 2 nitrogen and oxygen atoms in total. The van der Waals surface area contributed by atoms with Crippen molar-refractivity contribution in [3.05, 3.63) is 0 Å². The molecule has 0 aromatic carbocycles. The zero-order valence-electron chi connectivity index (χ0n) is 7.71. The van der Waals surface area contributed by atoms with Gasteiger partial charge in [0.2, 0.25) is 0 Å². The summed E-state index contributed by atoms with van der Waals surface area (Å²) in [5, 5.41) is 18.2. The van der Waals surface area contributed by atoms with E-state index in [0.717, 1.165) is 32.1 Å². The zero-order valence-corrected chi connectivity index (χ0v) is 7.71. The molecule has 72 valence electrons. The summed E-state index contributed by atoms with van der Waals surface area (Å²) in [6.07, 6.45) is 7.48. The molecule has 1 aliphatic carbocycles. The van der Waals surface area contributed by atoms with E-state index in [4.69, 9.17) is 5.11 Å². The maximum absolute atomic E-state index is 9.44. The van der Waals surface area contributed by atoms with Gasteiger partial charge in [-0.05, 0) is 31.6 Å². The quantitative estimate of drug-likeness (QED) is 0.665. The van der Waals surface area contributed by atoms with Crippen LogP contribution in [-0.2, 0) is 0 Å². The van der Waals surface area contributed by atoms with Gasteiger partial charge in [0.05, 0.1) is 6.10 Å². The Balaban J connectivity index is 2.24. The Labute approximate surface area is 74.6 Å². The third-order valence-electron chi connectivity index (χ3n) is 2.85. The zero-order chi connectivity index (χ0) is 8.81. The first kappa shape index (κ1) is 10.0. The van der Waals surface area contributed by atoms with Gasteiger partial charge in [0.15, 0.2) is 0 Å². The Hall–Kier alpha value is -0.0800. The van der Waals surface area contributed by atoms with Gasteiger partial charge in [0.1, 0.15) is 0 Å². The minimum atomic E-state index is -0.0773. The Morgan fingerprint density at radius 1 is 1.00 bits per heavy atom. The fourth-order valence-electron chi connectivity index (χ4n) is 2.00. The molecule has 2 atom stereocenters. The lowest BCUT2D eigenvalue weighted by atomic mass is 9.88. The molecule has 0 aromatic rings. The van der Waals surface area contributed by atoms with Crippen LogP contribution in [0.3, 0.4) is 0 Å². The number of aliphatic hydroxyl groups excluding tert-OH is 2. The molecule has 0 amide bonds. The Kier molecular flexibility index (Phi) is 4.62. The summed E-state index contributed by atoms with van der Waals surface area (Å²) in [7, 11) is 0.